The van der Waals surface area contributed by atoms with E-state index in [2.05, 4.69) is 18.2 Å². The van der Waals surface area contributed by atoms with Crippen molar-refractivity contribution in [2.24, 2.45) is 0 Å². The Kier molecular flexibility index (Phi) is 5.07. The Morgan fingerprint density at radius 3 is 2.52 bits per heavy atom. The molecule has 0 spiro atoms. The Bertz CT molecular complexity index is 769. The van der Waals surface area contributed by atoms with Crippen LogP contribution in [-0.2, 0) is 6.54 Å². The van der Waals surface area contributed by atoms with E-state index in [0.29, 0.717) is 6.54 Å². The molecule has 0 atom stereocenters. The molecule has 106 valence electrons. The van der Waals surface area contributed by atoms with Crippen LogP contribution in [-0.4, -0.2) is 5.78 Å². The maximum Gasteiger partial charge on any atom is 0.228 e. The van der Waals surface area contributed by atoms with Crippen molar-refractivity contribution in [1.82, 2.24) is 0 Å². The molecule has 0 fully saturated rings. The van der Waals surface area contributed by atoms with Crippen LogP contribution in [0.25, 0.3) is 10.8 Å². The number of benzene rings is 2. The summed E-state index contributed by atoms with van der Waals surface area (Å²) >= 11 is 0. The Hall–Kier alpha value is -1.75. The van der Waals surface area contributed by atoms with Crippen molar-refractivity contribution < 1.29 is 33.3 Å². The minimum Gasteiger partial charge on any atom is -1.00 e. The third kappa shape index (κ3) is 3.47. The van der Waals surface area contributed by atoms with E-state index in [1.165, 1.54) is 5.56 Å². The maximum atomic E-state index is 12.5. The normalized spacial score (nSPS) is 10.1. The largest absolute Gasteiger partial charge is 1.00 e. The summed E-state index contributed by atoms with van der Waals surface area (Å²) in [7, 11) is 0. The zero-order chi connectivity index (χ0) is 13.9. The van der Waals surface area contributed by atoms with Gasteiger partial charge in [0.05, 0.1) is 0 Å². The van der Waals surface area contributed by atoms with Crippen molar-refractivity contribution in [1.29, 1.82) is 0 Å². The third-order valence-electron chi connectivity index (χ3n) is 3.44. The molecule has 1 aromatic heterocycles. The van der Waals surface area contributed by atoms with Gasteiger partial charge in [-0.05, 0) is 17.7 Å². The Balaban J connectivity index is 0.00000161. The number of pyridine rings is 1. The SMILES string of the molecule is Cc1ccc2cccc(C(=O)C[n+]3ccccc3)c2c1.[I-]. The molecule has 0 saturated carbocycles. The molecule has 0 aliphatic carbocycles. The van der Waals surface area contributed by atoms with Gasteiger partial charge in [-0.2, -0.15) is 4.57 Å². The summed E-state index contributed by atoms with van der Waals surface area (Å²) in [5.74, 6) is 0.136. The first-order valence-electron chi connectivity index (χ1n) is 6.71. The van der Waals surface area contributed by atoms with E-state index < -0.39 is 0 Å². The monoisotopic (exact) mass is 389 g/mol. The van der Waals surface area contributed by atoms with Crippen LogP contribution in [0.2, 0.25) is 0 Å². The van der Waals surface area contributed by atoms with Gasteiger partial charge in [0.15, 0.2) is 12.4 Å². The highest BCUT2D eigenvalue weighted by Crippen LogP contribution is 2.20. The second-order valence-electron chi connectivity index (χ2n) is 5.00. The van der Waals surface area contributed by atoms with Crippen LogP contribution in [0.1, 0.15) is 15.9 Å². The quantitative estimate of drug-likeness (QED) is 0.359. The number of hydrogen-bond acceptors (Lipinski definition) is 1. The van der Waals surface area contributed by atoms with Crippen molar-refractivity contribution in [3.63, 3.8) is 0 Å². The lowest BCUT2D eigenvalue weighted by atomic mass is 9.99. The molecule has 0 aliphatic heterocycles. The van der Waals surface area contributed by atoms with Crippen molar-refractivity contribution >= 4 is 16.6 Å². The first-order valence-corrected chi connectivity index (χ1v) is 6.71. The van der Waals surface area contributed by atoms with Gasteiger partial charge in [0, 0.05) is 17.7 Å². The van der Waals surface area contributed by atoms with Crippen LogP contribution in [0, 0.1) is 6.92 Å². The maximum absolute atomic E-state index is 12.5. The highest BCUT2D eigenvalue weighted by Gasteiger charge is 2.14. The molecule has 0 radical (unpaired) electrons. The number of fused-ring (bicyclic) bond motifs is 1. The van der Waals surface area contributed by atoms with Crippen LogP contribution in [0.4, 0.5) is 0 Å². The fourth-order valence-electron chi connectivity index (χ4n) is 2.42. The number of Topliss-reactive ketones (excluding diaryl/α,β-unsaturated/α-hetero) is 1. The number of nitrogens with zero attached hydrogens (tertiary/aromatic N) is 1. The molecule has 0 N–H and O–H groups in total. The summed E-state index contributed by atoms with van der Waals surface area (Å²) in [6, 6.07) is 17.9. The lowest BCUT2D eigenvalue weighted by molar-refractivity contribution is -0.683. The lowest BCUT2D eigenvalue weighted by Crippen LogP contribution is -3.00. The van der Waals surface area contributed by atoms with Gasteiger partial charge in [-0.3, -0.25) is 4.79 Å². The highest BCUT2D eigenvalue weighted by atomic mass is 127. The minimum absolute atomic E-state index is 0. The molecule has 21 heavy (non-hydrogen) atoms. The summed E-state index contributed by atoms with van der Waals surface area (Å²) in [4.78, 5) is 12.5. The van der Waals surface area contributed by atoms with Crippen LogP contribution >= 0.6 is 0 Å². The molecule has 0 bridgehead atoms. The standard InChI is InChI=1S/C18H16NO.HI/c1-14-8-9-15-6-5-7-16(17(15)12-14)18(20)13-19-10-3-2-4-11-19;/h2-12H,13H2,1H3;1H/q+1;/p-1. The predicted octanol–water partition coefficient (Wildman–Crippen LogP) is 0.323. The predicted molar refractivity (Wildman–Crippen MR) is 79.7 cm³/mol. The van der Waals surface area contributed by atoms with Crippen molar-refractivity contribution in [2.75, 3.05) is 0 Å². The molecule has 3 aromatic rings. The van der Waals surface area contributed by atoms with Crippen molar-refractivity contribution in [3.05, 3.63) is 78.1 Å². The molecule has 3 heteroatoms. The highest BCUT2D eigenvalue weighted by molar-refractivity contribution is 6.07. The van der Waals surface area contributed by atoms with Gasteiger partial charge in [-0.15, -0.1) is 0 Å². The number of aromatic nitrogens is 1. The number of hydrogen-bond donors (Lipinski definition) is 0. The number of carbonyl (C=O) groups excluding carboxylic acids is 1. The molecule has 2 aromatic carbocycles. The summed E-state index contributed by atoms with van der Waals surface area (Å²) in [6.07, 6.45) is 3.82. The molecule has 0 aliphatic rings. The fraction of sp³-hybridized carbons (Fsp3) is 0.111. The molecule has 0 unspecified atom stereocenters. The van der Waals surface area contributed by atoms with Gasteiger partial charge in [0.2, 0.25) is 12.3 Å². The van der Waals surface area contributed by atoms with Gasteiger partial charge in [-0.25, -0.2) is 0 Å². The molecular formula is C18H16INO. The molecule has 1 heterocycles. The Morgan fingerprint density at radius 1 is 1.00 bits per heavy atom. The number of ketones is 1. The molecule has 0 saturated heterocycles. The molecule has 3 rings (SSSR count). The summed E-state index contributed by atoms with van der Waals surface area (Å²) in [5.41, 5.74) is 1.97. The van der Waals surface area contributed by atoms with Crippen LogP contribution in [0.15, 0.2) is 67.0 Å². The second kappa shape index (κ2) is 6.80. The molecular weight excluding hydrogens is 373 g/mol. The van der Waals surface area contributed by atoms with E-state index >= 15 is 0 Å². The average Bonchev–Trinajstić information content (AvgIpc) is 2.47. The van der Waals surface area contributed by atoms with E-state index in [0.717, 1.165) is 16.3 Å². The third-order valence-corrected chi connectivity index (χ3v) is 3.44. The van der Waals surface area contributed by atoms with Crippen LogP contribution < -0.4 is 28.5 Å². The zero-order valence-corrected chi connectivity index (χ0v) is 13.9. The van der Waals surface area contributed by atoms with E-state index in [-0.39, 0.29) is 29.8 Å². The van der Waals surface area contributed by atoms with Gasteiger partial charge in [0.25, 0.3) is 0 Å². The van der Waals surface area contributed by atoms with Crippen molar-refractivity contribution in [2.45, 2.75) is 13.5 Å². The summed E-state index contributed by atoms with van der Waals surface area (Å²) < 4.78 is 1.90. The number of halogens is 1. The zero-order valence-electron chi connectivity index (χ0n) is 11.8. The average molecular weight is 389 g/mol. The number of aryl methyl sites for hydroxylation is 1. The van der Waals surface area contributed by atoms with Crippen LogP contribution in [0.5, 0.6) is 0 Å². The molecule has 2 nitrogen and oxygen atoms in total. The summed E-state index contributed by atoms with van der Waals surface area (Å²) in [6.45, 7) is 2.42. The smallest absolute Gasteiger partial charge is 0.228 e. The van der Waals surface area contributed by atoms with Gasteiger partial charge in [-0.1, -0.05) is 48.0 Å². The van der Waals surface area contributed by atoms with E-state index in [9.17, 15) is 4.79 Å². The number of rotatable bonds is 3. The minimum atomic E-state index is 0. The summed E-state index contributed by atoms with van der Waals surface area (Å²) in [5, 5.41) is 2.15. The Labute approximate surface area is 141 Å². The first-order chi connectivity index (χ1) is 9.74. The number of carbonyl (C=O) groups is 1. The Morgan fingerprint density at radius 2 is 1.76 bits per heavy atom. The first kappa shape index (κ1) is 15.6. The lowest BCUT2D eigenvalue weighted by Gasteiger charge is -2.05. The van der Waals surface area contributed by atoms with Crippen molar-refractivity contribution in [3.8, 4) is 0 Å². The topological polar surface area (TPSA) is 20.9 Å². The van der Waals surface area contributed by atoms with Gasteiger partial charge < -0.3 is 24.0 Å². The van der Waals surface area contributed by atoms with E-state index in [1.54, 1.807) is 0 Å². The second-order valence-corrected chi connectivity index (χ2v) is 5.00. The van der Waals surface area contributed by atoms with Crippen LogP contribution in [0.3, 0.4) is 0 Å². The van der Waals surface area contributed by atoms with E-state index in [1.807, 2.05) is 60.3 Å². The van der Waals surface area contributed by atoms with Gasteiger partial charge in [0.1, 0.15) is 0 Å². The van der Waals surface area contributed by atoms with E-state index in [4.69, 9.17) is 0 Å². The van der Waals surface area contributed by atoms with Gasteiger partial charge >= 0.3 is 0 Å². The fourth-order valence-corrected chi connectivity index (χ4v) is 2.42. The molecule has 0 amide bonds.